The Kier molecular flexibility index (Phi) is 6.23. The first kappa shape index (κ1) is 20.9. The van der Waals surface area contributed by atoms with Gasteiger partial charge in [0.2, 0.25) is 10.9 Å². The average Bonchev–Trinajstić information content (AvgIpc) is 3.35. The van der Waals surface area contributed by atoms with E-state index in [1.807, 2.05) is 47.0 Å². The Hall–Kier alpha value is -3.32. The molecule has 2 aromatic carbocycles. The Bertz CT molecular complexity index is 1220. The van der Waals surface area contributed by atoms with Gasteiger partial charge in [-0.2, -0.15) is 9.61 Å². The molecule has 7 heteroatoms. The summed E-state index contributed by atoms with van der Waals surface area (Å²) >= 11 is 1.49. The zero-order valence-electron chi connectivity index (χ0n) is 17.9. The van der Waals surface area contributed by atoms with E-state index in [2.05, 4.69) is 53.5 Å². The van der Waals surface area contributed by atoms with Crippen LogP contribution in [0.25, 0.3) is 21.6 Å². The number of amides is 1. The molecule has 0 saturated carbocycles. The number of benzene rings is 2. The lowest BCUT2D eigenvalue weighted by molar-refractivity contribution is -0.111. The van der Waals surface area contributed by atoms with Crippen LogP contribution in [0.2, 0.25) is 0 Å². The van der Waals surface area contributed by atoms with Gasteiger partial charge >= 0.3 is 0 Å². The number of aromatic nitrogens is 4. The van der Waals surface area contributed by atoms with Crippen LogP contribution in [0.4, 0.5) is 5.69 Å². The SMILES string of the molecule is CCCc1nnc2sc(-c3cccc(NC(=O)/C=C/c4ccc(C(C)C)cc4)c3)nn12. The summed E-state index contributed by atoms with van der Waals surface area (Å²) < 4.78 is 1.81. The Morgan fingerprint density at radius 1 is 1.16 bits per heavy atom. The maximum Gasteiger partial charge on any atom is 0.248 e. The van der Waals surface area contributed by atoms with Gasteiger partial charge in [-0.1, -0.05) is 68.5 Å². The fraction of sp³-hybridized carbons (Fsp3) is 0.250. The molecule has 158 valence electrons. The molecule has 0 spiro atoms. The highest BCUT2D eigenvalue weighted by atomic mass is 32.1. The number of aryl methyl sites for hydroxylation is 1. The number of carbonyl (C=O) groups is 1. The van der Waals surface area contributed by atoms with Gasteiger partial charge in [0.15, 0.2) is 5.82 Å². The van der Waals surface area contributed by atoms with Gasteiger partial charge in [-0.25, -0.2) is 0 Å². The van der Waals surface area contributed by atoms with Gasteiger partial charge in [0.1, 0.15) is 5.01 Å². The van der Waals surface area contributed by atoms with Crippen LogP contribution in [0.15, 0.2) is 54.6 Å². The summed E-state index contributed by atoms with van der Waals surface area (Å²) in [4.78, 5) is 13.2. The Morgan fingerprint density at radius 2 is 1.97 bits per heavy atom. The van der Waals surface area contributed by atoms with Crippen LogP contribution in [0.3, 0.4) is 0 Å². The number of nitrogens with zero attached hydrogens (tertiary/aromatic N) is 4. The summed E-state index contributed by atoms with van der Waals surface area (Å²) in [7, 11) is 0. The lowest BCUT2D eigenvalue weighted by atomic mass is 10.0. The van der Waals surface area contributed by atoms with E-state index in [-0.39, 0.29) is 5.91 Å². The quantitative estimate of drug-likeness (QED) is 0.388. The van der Waals surface area contributed by atoms with Crippen molar-refractivity contribution in [1.29, 1.82) is 0 Å². The van der Waals surface area contributed by atoms with Gasteiger partial charge in [-0.3, -0.25) is 4.79 Å². The third kappa shape index (κ3) is 4.88. The van der Waals surface area contributed by atoms with Gasteiger partial charge in [0.05, 0.1) is 0 Å². The first-order chi connectivity index (χ1) is 15.0. The van der Waals surface area contributed by atoms with E-state index in [0.29, 0.717) is 5.92 Å². The lowest BCUT2D eigenvalue weighted by Gasteiger charge is -2.05. The molecular formula is C24H25N5OS. The van der Waals surface area contributed by atoms with Crippen molar-refractivity contribution in [2.75, 3.05) is 5.32 Å². The third-order valence-electron chi connectivity index (χ3n) is 4.94. The smallest absolute Gasteiger partial charge is 0.248 e. The molecular weight excluding hydrogens is 406 g/mol. The zero-order chi connectivity index (χ0) is 21.8. The van der Waals surface area contributed by atoms with E-state index in [1.165, 1.54) is 16.9 Å². The van der Waals surface area contributed by atoms with E-state index >= 15 is 0 Å². The normalized spacial score (nSPS) is 11.6. The molecule has 4 rings (SSSR count). The molecule has 1 N–H and O–H groups in total. The molecule has 0 aliphatic carbocycles. The predicted molar refractivity (Wildman–Crippen MR) is 126 cm³/mol. The highest BCUT2D eigenvalue weighted by Gasteiger charge is 2.13. The molecule has 0 aliphatic rings. The van der Waals surface area contributed by atoms with Crippen LogP contribution < -0.4 is 5.32 Å². The van der Waals surface area contributed by atoms with Crippen LogP contribution >= 0.6 is 11.3 Å². The van der Waals surface area contributed by atoms with Crippen molar-refractivity contribution in [1.82, 2.24) is 19.8 Å². The molecule has 0 bridgehead atoms. The van der Waals surface area contributed by atoms with Gasteiger partial charge in [-0.15, -0.1) is 10.2 Å². The van der Waals surface area contributed by atoms with Gasteiger partial charge in [-0.05, 0) is 41.7 Å². The first-order valence-electron chi connectivity index (χ1n) is 10.4. The molecule has 1 amide bonds. The van der Waals surface area contributed by atoms with Gasteiger partial charge in [0.25, 0.3) is 0 Å². The van der Waals surface area contributed by atoms with Crippen molar-refractivity contribution in [3.05, 3.63) is 71.6 Å². The molecule has 0 fully saturated rings. The molecule has 2 heterocycles. The minimum Gasteiger partial charge on any atom is -0.322 e. The van der Waals surface area contributed by atoms with Crippen LogP contribution in [0, 0.1) is 0 Å². The fourth-order valence-corrected chi connectivity index (χ4v) is 4.09. The molecule has 0 radical (unpaired) electrons. The van der Waals surface area contributed by atoms with Crippen molar-refractivity contribution in [3.63, 3.8) is 0 Å². The van der Waals surface area contributed by atoms with E-state index in [0.717, 1.165) is 45.4 Å². The second kappa shape index (κ2) is 9.22. The molecule has 0 aliphatic heterocycles. The number of fused-ring (bicyclic) bond motifs is 1. The van der Waals surface area contributed by atoms with Crippen LogP contribution in [-0.4, -0.2) is 25.7 Å². The summed E-state index contributed by atoms with van der Waals surface area (Å²) in [6.45, 7) is 6.43. The minimum atomic E-state index is -0.173. The number of carbonyl (C=O) groups excluding carboxylic acids is 1. The highest BCUT2D eigenvalue weighted by Crippen LogP contribution is 2.27. The van der Waals surface area contributed by atoms with E-state index < -0.39 is 0 Å². The number of anilines is 1. The van der Waals surface area contributed by atoms with Crippen molar-refractivity contribution >= 4 is 34.0 Å². The van der Waals surface area contributed by atoms with Crippen molar-refractivity contribution in [3.8, 4) is 10.6 Å². The molecule has 6 nitrogen and oxygen atoms in total. The summed E-state index contributed by atoms with van der Waals surface area (Å²) in [5.41, 5.74) is 3.94. The summed E-state index contributed by atoms with van der Waals surface area (Å²) in [6.07, 6.45) is 5.20. The third-order valence-corrected chi connectivity index (χ3v) is 5.88. The number of hydrogen-bond donors (Lipinski definition) is 1. The maximum absolute atomic E-state index is 12.4. The Labute approximate surface area is 185 Å². The van der Waals surface area contributed by atoms with Crippen LogP contribution in [0.5, 0.6) is 0 Å². The number of nitrogens with one attached hydrogen (secondary N) is 1. The average molecular weight is 432 g/mol. The summed E-state index contributed by atoms with van der Waals surface area (Å²) in [5.74, 6) is 1.19. The fourth-order valence-electron chi connectivity index (χ4n) is 3.23. The second-order valence-electron chi connectivity index (χ2n) is 7.69. The molecule has 0 unspecified atom stereocenters. The van der Waals surface area contributed by atoms with Crippen molar-refractivity contribution in [2.45, 2.75) is 39.5 Å². The monoisotopic (exact) mass is 431 g/mol. The molecule has 0 saturated heterocycles. The van der Waals surface area contributed by atoms with Crippen molar-refractivity contribution < 1.29 is 4.79 Å². The predicted octanol–water partition coefficient (Wildman–Crippen LogP) is 5.58. The molecule has 0 atom stereocenters. The molecule has 31 heavy (non-hydrogen) atoms. The topological polar surface area (TPSA) is 72.2 Å². The molecule has 4 aromatic rings. The first-order valence-corrected chi connectivity index (χ1v) is 11.3. The standard InChI is InChI=1S/C24H25N5OS/c1-4-6-21-26-27-24-29(21)28-23(31-24)19-7-5-8-20(15-19)25-22(30)14-11-17-9-12-18(13-10-17)16(2)3/h5,7-16H,4,6H2,1-3H3,(H,25,30)/b14-11+. The summed E-state index contributed by atoms with van der Waals surface area (Å²) in [5, 5.41) is 16.8. The van der Waals surface area contributed by atoms with E-state index in [9.17, 15) is 4.79 Å². The van der Waals surface area contributed by atoms with Gasteiger partial charge < -0.3 is 5.32 Å². The second-order valence-corrected chi connectivity index (χ2v) is 8.65. The van der Waals surface area contributed by atoms with Gasteiger partial charge in [0, 0.05) is 23.7 Å². The molecule has 2 aromatic heterocycles. The number of rotatable bonds is 7. The number of hydrogen-bond acceptors (Lipinski definition) is 5. The largest absolute Gasteiger partial charge is 0.322 e. The Balaban J connectivity index is 1.46. The Morgan fingerprint density at radius 3 is 2.71 bits per heavy atom. The lowest BCUT2D eigenvalue weighted by Crippen LogP contribution is -2.07. The van der Waals surface area contributed by atoms with Crippen LogP contribution in [-0.2, 0) is 11.2 Å². The van der Waals surface area contributed by atoms with Crippen molar-refractivity contribution in [2.24, 2.45) is 0 Å². The van der Waals surface area contributed by atoms with E-state index in [4.69, 9.17) is 0 Å². The summed E-state index contributed by atoms with van der Waals surface area (Å²) in [6, 6.07) is 15.9. The zero-order valence-corrected chi connectivity index (χ0v) is 18.7. The highest BCUT2D eigenvalue weighted by molar-refractivity contribution is 7.19. The van der Waals surface area contributed by atoms with E-state index in [1.54, 1.807) is 6.08 Å². The van der Waals surface area contributed by atoms with Crippen LogP contribution in [0.1, 0.15) is 50.1 Å². The maximum atomic E-state index is 12.4. The minimum absolute atomic E-state index is 0.173.